The minimum atomic E-state index is -3.51. The predicted molar refractivity (Wildman–Crippen MR) is 93.0 cm³/mol. The number of hydrogen-bond donors (Lipinski definition) is 1. The van der Waals surface area contributed by atoms with Gasteiger partial charge in [-0.2, -0.15) is 5.10 Å². The molecular weight excluding hydrogens is 322 g/mol. The van der Waals surface area contributed by atoms with Crippen molar-refractivity contribution in [2.24, 2.45) is 0 Å². The zero-order chi connectivity index (χ0) is 17.0. The van der Waals surface area contributed by atoms with Gasteiger partial charge >= 0.3 is 0 Å². The molecule has 3 rings (SSSR count). The Bertz CT molecular complexity index is 919. The summed E-state index contributed by atoms with van der Waals surface area (Å²) in [7, 11) is -3.51. The van der Waals surface area contributed by atoms with Gasteiger partial charge in [0.2, 0.25) is 10.0 Å². The average molecular weight is 341 g/mol. The van der Waals surface area contributed by atoms with Crippen LogP contribution >= 0.6 is 0 Å². The van der Waals surface area contributed by atoms with E-state index in [1.54, 1.807) is 24.4 Å². The van der Waals surface area contributed by atoms with E-state index in [0.717, 1.165) is 16.7 Å². The highest BCUT2D eigenvalue weighted by Crippen LogP contribution is 2.12. The molecule has 0 atom stereocenters. The Kier molecular flexibility index (Phi) is 4.78. The van der Waals surface area contributed by atoms with Gasteiger partial charge in [0.1, 0.15) is 0 Å². The second-order valence-electron chi connectivity index (χ2n) is 5.66. The average Bonchev–Trinajstić information content (AvgIpc) is 3.06. The molecule has 124 valence electrons. The van der Waals surface area contributed by atoms with Gasteiger partial charge in [0.15, 0.2) is 0 Å². The standard InChI is InChI=1S/C18H19N3O2S/c1-15-5-2-8-18(11-15)24(22,23)20-13-16-6-3-7-17(12-16)14-21-10-4-9-19-21/h2-12,20H,13-14H2,1H3. The minimum Gasteiger partial charge on any atom is -0.268 e. The lowest BCUT2D eigenvalue weighted by molar-refractivity contribution is 0.581. The van der Waals surface area contributed by atoms with E-state index in [4.69, 9.17) is 0 Å². The molecule has 0 aliphatic carbocycles. The third-order valence-corrected chi connectivity index (χ3v) is 5.06. The van der Waals surface area contributed by atoms with Gasteiger partial charge in [-0.25, -0.2) is 13.1 Å². The number of hydrogen-bond acceptors (Lipinski definition) is 3. The molecule has 24 heavy (non-hydrogen) atoms. The maximum absolute atomic E-state index is 12.4. The maximum Gasteiger partial charge on any atom is 0.240 e. The van der Waals surface area contributed by atoms with E-state index in [2.05, 4.69) is 9.82 Å². The largest absolute Gasteiger partial charge is 0.268 e. The molecule has 0 radical (unpaired) electrons. The van der Waals surface area contributed by atoms with Crippen molar-refractivity contribution in [1.82, 2.24) is 14.5 Å². The number of sulfonamides is 1. The highest BCUT2D eigenvalue weighted by Gasteiger charge is 2.13. The van der Waals surface area contributed by atoms with Crippen molar-refractivity contribution in [3.05, 3.63) is 83.7 Å². The molecule has 0 saturated heterocycles. The molecule has 5 nitrogen and oxygen atoms in total. The van der Waals surface area contributed by atoms with Crippen molar-refractivity contribution >= 4 is 10.0 Å². The summed E-state index contributed by atoms with van der Waals surface area (Å²) >= 11 is 0. The van der Waals surface area contributed by atoms with E-state index in [-0.39, 0.29) is 11.4 Å². The van der Waals surface area contributed by atoms with Crippen LogP contribution in [-0.4, -0.2) is 18.2 Å². The number of aromatic nitrogens is 2. The number of benzene rings is 2. The maximum atomic E-state index is 12.4. The Labute approximate surface area is 142 Å². The summed E-state index contributed by atoms with van der Waals surface area (Å²) in [5.74, 6) is 0. The third-order valence-electron chi connectivity index (χ3n) is 3.66. The molecule has 1 aromatic heterocycles. The Hall–Kier alpha value is -2.44. The Morgan fingerprint density at radius 3 is 2.58 bits per heavy atom. The highest BCUT2D eigenvalue weighted by molar-refractivity contribution is 7.89. The topological polar surface area (TPSA) is 64.0 Å². The molecule has 0 fully saturated rings. The van der Waals surface area contributed by atoms with Crippen LogP contribution in [0.1, 0.15) is 16.7 Å². The van der Waals surface area contributed by atoms with Crippen LogP contribution in [0.5, 0.6) is 0 Å². The second-order valence-corrected chi connectivity index (χ2v) is 7.43. The molecule has 0 aliphatic heterocycles. The first-order valence-corrected chi connectivity index (χ1v) is 9.13. The lowest BCUT2D eigenvalue weighted by Crippen LogP contribution is -2.23. The van der Waals surface area contributed by atoms with E-state index >= 15 is 0 Å². The van der Waals surface area contributed by atoms with Crippen molar-refractivity contribution in [2.45, 2.75) is 24.9 Å². The van der Waals surface area contributed by atoms with E-state index in [1.165, 1.54) is 0 Å². The fourth-order valence-corrected chi connectivity index (χ4v) is 3.59. The quantitative estimate of drug-likeness (QED) is 0.750. The van der Waals surface area contributed by atoms with Crippen LogP contribution < -0.4 is 4.72 Å². The van der Waals surface area contributed by atoms with Gasteiger partial charge in [0.05, 0.1) is 11.4 Å². The van der Waals surface area contributed by atoms with E-state index in [0.29, 0.717) is 6.54 Å². The van der Waals surface area contributed by atoms with Crippen molar-refractivity contribution in [3.8, 4) is 0 Å². The number of nitrogens with zero attached hydrogens (tertiary/aromatic N) is 2. The molecule has 0 unspecified atom stereocenters. The fourth-order valence-electron chi connectivity index (χ4n) is 2.46. The van der Waals surface area contributed by atoms with Gasteiger partial charge in [-0.3, -0.25) is 4.68 Å². The normalized spacial score (nSPS) is 11.5. The zero-order valence-corrected chi connectivity index (χ0v) is 14.2. The monoisotopic (exact) mass is 341 g/mol. The van der Waals surface area contributed by atoms with Gasteiger partial charge in [-0.05, 0) is 41.8 Å². The molecule has 0 saturated carbocycles. The van der Waals surface area contributed by atoms with Gasteiger partial charge in [-0.1, -0.05) is 36.4 Å². The van der Waals surface area contributed by atoms with Crippen LogP contribution in [0.25, 0.3) is 0 Å². The van der Waals surface area contributed by atoms with Gasteiger partial charge in [-0.15, -0.1) is 0 Å². The smallest absolute Gasteiger partial charge is 0.240 e. The lowest BCUT2D eigenvalue weighted by atomic mass is 10.1. The first kappa shape index (κ1) is 16.4. The summed E-state index contributed by atoms with van der Waals surface area (Å²) < 4.78 is 29.2. The van der Waals surface area contributed by atoms with Gasteiger partial charge in [0, 0.05) is 18.9 Å². The molecule has 3 aromatic rings. The summed E-state index contributed by atoms with van der Waals surface area (Å²) in [6.07, 6.45) is 3.63. The van der Waals surface area contributed by atoms with Gasteiger partial charge < -0.3 is 0 Å². The van der Waals surface area contributed by atoms with Gasteiger partial charge in [0.25, 0.3) is 0 Å². The molecule has 0 aliphatic rings. The highest BCUT2D eigenvalue weighted by atomic mass is 32.2. The third kappa shape index (κ3) is 4.10. The molecule has 2 aromatic carbocycles. The molecule has 6 heteroatoms. The fraction of sp³-hybridized carbons (Fsp3) is 0.167. The van der Waals surface area contributed by atoms with Crippen LogP contribution in [0.4, 0.5) is 0 Å². The molecule has 1 heterocycles. The first-order chi connectivity index (χ1) is 11.5. The second kappa shape index (κ2) is 6.98. The summed E-state index contributed by atoms with van der Waals surface area (Å²) in [5, 5.41) is 4.18. The first-order valence-electron chi connectivity index (χ1n) is 7.64. The molecule has 0 bridgehead atoms. The van der Waals surface area contributed by atoms with E-state index in [1.807, 2.05) is 54.2 Å². The molecule has 1 N–H and O–H groups in total. The number of aryl methyl sites for hydroxylation is 1. The van der Waals surface area contributed by atoms with Crippen molar-refractivity contribution in [2.75, 3.05) is 0 Å². The van der Waals surface area contributed by atoms with E-state index in [9.17, 15) is 8.42 Å². The SMILES string of the molecule is Cc1cccc(S(=O)(=O)NCc2cccc(Cn3cccn3)c2)c1. The van der Waals surface area contributed by atoms with Crippen LogP contribution in [-0.2, 0) is 23.1 Å². The van der Waals surface area contributed by atoms with Crippen molar-refractivity contribution < 1.29 is 8.42 Å². The Morgan fingerprint density at radius 2 is 1.83 bits per heavy atom. The number of rotatable bonds is 6. The zero-order valence-electron chi connectivity index (χ0n) is 13.4. The van der Waals surface area contributed by atoms with Crippen molar-refractivity contribution in [1.29, 1.82) is 0 Å². The molecular formula is C18H19N3O2S. The Balaban J connectivity index is 1.70. The molecule has 0 spiro atoms. The summed E-state index contributed by atoms with van der Waals surface area (Å²) in [6, 6.07) is 16.6. The van der Waals surface area contributed by atoms with Crippen LogP contribution in [0.15, 0.2) is 71.9 Å². The van der Waals surface area contributed by atoms with Crippen molar-refractivity contribution in [3.63, 3.8) is 0 Å². The minimum absolute atomic E-state index is 0.253. The van der Waals surface area contributed by atoms with Crippen LogP contribution in [0.3, 0.4) is 0 Å². The predicted octanol–water partition coefficient (Wildman–Crippen LogP) is 2.72. The summed E-state index contributed by atoms with van der Waals surface area (Å²) in [5.41, 5.74) is 2.90. The van der Waals surface area contributed by atoms with Crippen LogP contribution in [0, 0.1) is 6.92 Å². The van der Waals surface area contributed by atoms with Crippen LogP contribution in [0.2, 0.25) is 0 Å². The number of nitrogens with one attached hydrogen (secondary N) is 1. The summed E-state index contributed by atoms with van der Waals surface area (Å²) in [4.78, 5) is 0.287. The van der Waals surface area contributed by atoms with E-state index < -0.39 is 10.0 Å². The summed E-state index contributed by atoms with van der Waals surface area (Å²) in [6.45, 7) is 2.78. The Morgan fingerprint density at radius 1 is 1.04 bits per heavy atom. The molecule has 0 amide bonds. The lowest BCUT2D eigenvalue weighted by Gasteiger charge is -2.09.